The Hall–Kier alpha value is -0.880. The minimum Gasteiger partial charge on any atom is -0.488 e. The number of hydrogen-bond acceptors (Lipinski definition) is 5. The van der Waals surface area contributed by atoms with Crippen LogP contribution >= 0.6 is 23.5 Å². The van der Waals surface area contributed by atoms with Crippen molar-refractivity contribution >= 4 is 29.4 Å². The Morgan fingerprint density at radius 2 is 2.50 bits per heavy atom. The third-order valence-corrected chi connectivity index (χ3v) is 5.80. The van der Waals surface area contributed by atoms with Gasteiger partial charge in [0.05, 0.1) is 16.7 Å². The molecule has 20 heavy (non-hydrogen) atoms. The first-order chi connectivity index (χ1) is 9.71. The Morgan fingerprint density at radius 1 is 1.65 bits per heavy atom. The number of amides is 1. The highest BCUT2D eigenvalue weighted by molar-refractivity contribution is 8.01. The van der Waals surface area contributed by atoms with E-state index in [0.29, 0.717) is 5.75 Å². The van der Waals surface area contributed by atoms with E-state index in [-0.39, 0.29) is 16.8 Å². The molecule has 108 valence electrons. The zero-order valence-electron chi connectivity index (χ0n) is 11.4. The maximum atomic E-state index is 11.8. The quantitative estimate of drug-likeness (QED) is 0.850. The predicted molar refractivity (Wildman–Crippen MR) is 83.4 cm³/mol. The molecule has 2 saturated heterocycles. The van der Waals surface area contributed by atoms with Gasteiger partial charge in [-0.25, -0.2) is 0 Å². The van der Waals surface area contributed by atoms with Crippen LogP contribution in [0.1, 0.15) is 6.42 Å². The van der Waals surface area contributed by atoms with Gasteiger partial charge in [-0.3, -0.25) is 9.78 Å². The second-order valence-electron chi connectivity index (χ2n) is 5.31. The number of thioether (sulfide) groups is 2. The molecule has 0 saturated carbocycles. The van der Waals surface area contributed by atoms with Crippen molar-refractivity contribution in [3.05, 3.63) is 24.5 Å². The van der Waals surface area contributed by atoms with E-state index in [0.717, 1.165) is 31.0 Å². The molecule has 1 aromatic rings. The van der Waals surface area contributed by atoms with Gasteiger partial charge in [-0.2, -0.15) is 11.8 Å². The molecule has 0 N–H and O–H groups in total. The lowest BCUT2D eigenvalue weighted by Crippen LogP contribution is -2.61. The summed E-state index contributed by atoms with van der Waals surface area (Å²) in [7, 11) is 0. The summed E-state index contributed by atoms with van der Waals surface area (Å²) in [5, 5.41) is 0. The van der Waals surface area contributed by atoms with Crippen LogP contribution in [0.5, 0.6) is 5.75 Å². The highest BCUT2D eigenvalue weighted by atomic mass is 32.2. The summed E-state index contributed by atoms with van der Waals surface area (Å²) in [5.41, 5.74) is 0. The number of pyridine rings is 1. The summed E-state index contributed by atoms with van der Waals surface area (Å²) in [4.78, 5) is 17.8. The molecule has 1 atom stereocenters. The second kappa shape index (κ2) is 5.85. The van der Waals surface area contributed by atoms with Gasteiger partial charge in [0.1, 0.15) is 11.9 Å². The first kappa shape index (κ1) is 14.1. The van der Waals surface area contributed by atoms with Crippen LogP contribution in [0.3, 0.4) is 0 Å². The molecule has 2 aliphatic rings. The number of carbonyl (C=O) groups is 1. The van der Waals surface area contributed by atoms with Crippen molar-refractivity contribution in [2.45, 2.75) is 17.3 Å². The lowest BCUT2D eigenvalue weighted by atomic mass is 9.93. The van der Waals surface area contributed by atoms with Gasteiger partial charge in [-0.15, -0.1) is 11.8 Å². The molecule has 1 spiro atoms. The van der Waals surface area contributed by atoms with Crippen molar-refractivity contribution in [3.8, 4) is 5.75 Å². The number of ether oxygens (including phenoxy) is 1. The number of aromatic nitrogens is 1. The van der Waals surface area contributed by atoms with Crippen LogP contribution in [0.2, 0.25) is 0 Å². The van der Waals surface area contributed by atoms with Crippen LogP contribution in [0.15, 0.2) is 24.5 Å². The molecule has 2 fully saturated rings. The molecule has 2 aliphatic heterocycles. The summed E-state index contributed by atoms with van der Waals surface area (Å²) >= 11 is 3.54. The number of nitrogens with zero attached hydrogens (tertiary/aromatic N) is 2. The normalized spacial score (nSPS) is 23.6. The van der Waals surface area contributed by atoms with E-state index in [2.05, 4.69) is 4.98 Å². The first-order valence-electron chi connectivity index (χ1n) is 6.68. The van der Waals surface area contributed by atoms with Gasteiger partial charge in [0.15, 0.2) is 0 Å². The Morgan fingerprint density at radius 3 is 3.20 bits per heavy atom. The molecular formula is C14H18N2O2S2. The SMILES string of the molecule is CSCC(=O)N1CC2(CC(Oc3cccnc3)CS2)C1. The van der Waals surface area contributed by atoms with E-state index >= 15 is 0 Å². The van der Waals surface area contributed by atoms with E-state index in [4.69, 9.17) is 4.74 Å². The molecule has 1 unspecified atom stereocenters. The highest BCUT2D eigenvalue weighted by Crippen LogP contribution is 2.46. The van der Waals surface area contributed by atoms with Crippen molar-refractivity contribution in [1.29, 1.82) is 0 Å². The second-order valence-corrected chi connectivity index (χ2v) is 7.66. The Bertz CT molecular complexity index is 477. The molecule has 3 heterocycles. The van der Waals surface area contributed by atoms with Crippen molar-refractivity contribution in [1.82, 2.24) is 9.88 Å². The first-order valence-corrected chi connectivity index (χ1v) is 9.06. The maximum Gasteiger partial charge on any atom is 0.232 e. The molecular weight excluding hydrogens is 292 g/mol. The maximum absolute atomic E-state index is 11.8. The average molecular weight is 310 g/mol. The van der Waals surface area contributed by atoms with Crippen molar-refractivity contribution in [2.24, 2.45) is 0 Å². The van der Waals surface area contributed by atoms with Gasteiger partial charge in [0.25, 0.3) is 0 Å². The largest absolute Gasteiger partial charge is 0.488 e. The van der Waals surface area contributed by atoms with Gasteiger partial charge in [0, 0.05) is 31.5 Å². The van der Waals surface area contributed by atoms with E-state index in [1.54, 1.807) is 24.2 Å². The molecule has 1 aromatic heterocycles. The number of carbonyl (C=O) groups excluding carboxylic acids is 1. The monoisotopic (exact) mass is 310 g/mol. The molecule has 0 bridgehead atoms. The third kappa shape index (κ3) is 2.91. The number of hydrogen-bond donors (Lipinski definition) is 0. The van der Waals surface area contributed by atoms with Gasteiger partial charge in [-0.1, -0.05) is 0 Å². The van der Waals surface area contributed by atoms with Crippen LogP contribution in [0.4, 0.5) is 0 Å². The summed E-state index contributed by atoms with van der Waals surface area (Å²) in [6, 6.07) is 3.83. The molecule has 6 heteroatoms. The third-order valence-electron chi connectivity index (χ3n) is 3.69. The Kier molecular flexibility index (Phi) is 4.12. The molecule has 4 nitrogen and oxygen atoms in total. The summed E-state index contributed by atoms with van der Waals surface area (Å²) < 4.78 is 6.20. The minimum atomic E-state index is 0.237. The van der Waals surface area contributed by atoms with Gasteiger partial charge in [0.2, 0.25) is 5.91 Å². The fraction of sp³-hybridized carbons (Fsp3) is 0.571. The molecule has 0 aromatic carbocycles. The standard InChI is InChI=1S/C14H18N2O2S2/c1-19-8-13(17)16-9-14(10-16)5-12(7-20-14)18-11-3-2-4-15-6-11/h2-4,6,12H,5,7-10H2,1H3. The topological polar surface area (TPSA) is 42.4 Å². The summed E-state index contributed by atoms with van der Waals surface area (Å²) in [5.74, 6) is 2.70. The van der Waals surface area contributed by atoms with Gasteiger partial charge >= 0.3 is 0 Å². The van der Waals surface area contributed by atoms with Gasteiger partial charge < -0.3 is 9.64 Å². The van der Waals surface area contributed by atoms with Crippen LogP contribution in [-0.4, -0.2) is 57.5 Å². The van der Waals surface area contributed by atoms with Crippen LogP contribution in [0, 0.1) is 0 Å². The zero-order valence-corrected chi connectivity index (χ0v) is 13.1. The van der Waals surface area contributed by atoms with E-state index in [1.165, 1.54) is 0 Å². The van der Waals surface area contributed by atoms with Crippen molar-refractivity contribution in [3.63, 3.8) is 0 Å². The summed E-state index contributed by atoms with van der Waals surface area (Å²) in [6.07, 6.45) is 6.73. The van der Waals surface area contributed by atoms with Crippen LogP contribution < -0.4 is 4.74 Å². The van der Waals surface area contributed by atoms with Crippen molar-refractivity contribution < 1.29 is 9.53 Å². The Labute approximate surface area is 127 Å². The molecule has 3 rings (SSSR count). The van der Waals surface area contributed by atoms with Crippen LogP contribution in [0.25, 0.3) is 0 Å². The van der Waals surface area contributed by atoms with Gasteiger partial charge in [-0.05, 0) is 18.4 Å². The van der Waals surface area contributed by atoms with E-state index in [1.807, 2.05) is 35.1 Å². The lowest BCUT2D eigenvalue weighted by molar-refractivity contribution is -0.133. The highest BCUT2D eigenvalue weighted by Gasteiger charge is 2.51. The zero-order chi connectivity index (χ0) is 14.0. The Balaban J connectivity index is 1.50. The minimum absolute atomic E-state index is 0.237. The lowest BCUT2D eigenvalue weighted by Gasteiger charge is -2.47. The van der Waals surface area contributed by atoms with Crippen molar-refractivity contribution in [2.75, 3.05) is 30.9 Å². The molecule has 1 amide bonds. The fourth-order valence-electron chi connectivity index (χ4n) is 2.75. The fourth-order valence-corrected chi connectivity index (χ4v) is 4.70. The predicted octanol–water partition coefficient (Wildman–Crippen LogP) is 1.91. The smallest absolute Gasteiger partial charge is 0.232 e. The average Bonchev–Trinajstić information content (AvgIpc) is 2.83. The number of rotatable bonds is 4. The molecule has 0 aliphatic carbocycles. The van der Waals surface area contributed by atoms with E-state index in [9.17, 15) is 4.79 Å². The van der Waals surface area contributed by atoms with Crippen LogP contribution in [-0.2, 0) is 4.79 Å². The van der Waals surface area contributed by atoms with E-state index < -0.39 is 0 Å². The number of likely N-dealkylation sites (tertiary alicyclic amines) is 1. The summed E-state index contributed by atoms with van der Waals surface area (Å²) in [6.45, 7) is 1.76. The molecule has 0 radical (unpaired) electrons.